The van der Waals surface area contributed by atoms with Crippen molar-refractivity contribution >= 4 is 5.97 Å². The van der Waals surface area contributed by atoms with Crippen molar-refractivity contribution in [1.29, 1.82) is 0 Å². The highest BCUT2D eigenvalue weighted by atomic mass is 16.4. The molecule has 0 saturated heterocycles. The molecule has 0 radical (unpaired) electrons. The molecule has 5 nitrogen and oxygen atoms in total. The average Bonchev–Trinajstić information content (AvgIpc) is 2.79. The van der Waals surface area contributed by atoms with E-state index >= 15 is 0 Å². The van der Waals surface area contributed by atoms with Gasteiger partial charge < -0.3 is 9.52 Å². The van der Waals surface area contributed by atoms with Crippen LogP contribution in [0.2, 0.25) is 0 Å². The maximum atomic E-state index is 10.4. The van der Waals surface area contributed by atoms with Crippen molar-refractivity contribution in [2.45, 2.75) is 32.6 Å². The second kappa shape index (κ2) is 6.13. The molecule has 0 saturated carbocycles. The number of carbonyl (C=O) groups is 1. The maximum absolute atomic E-state index is 10.4. The van der Waals surface area contributed by atoms with Gasteiger partial charge in [-0.15, -0.1) is 10.2 Å². The Morgan fingerprint density at radius 3 is 2.58 bits per heavy atom. The van der Waals surface area contributed by atoms with E-state index < -0.39 is 5.97 Å². The highest BCUT2D eigenvalue weighted by Crippen LogP contribution is 2.11. The van der Waals surface area contributed by atoms with E-state index in [0.29, 0.717) is 31.0 Å². The number of rotatable bonds is 6. The second-order valence-electron chi connectivity index (χ2n) is 4.50. The van der Waals surface area contributed by atoms with Gasteiger partial charge in [0.25, 0.3) is 0 Å². The number of aromatic nitrogens is 2. The van der Waals surface area contributed by atoms with Crippen LogP contribution in [0.3, 0.4) is 0 Å². The van der Waals surface area contributed by atoms with E-state index in [1.54, 1.807) is 0 Å². The fourth-order valence-corrected chi connectivity index (χ4v) is 1.73. The Labute approximate surface area is 111 Å². The average molecular weight is 260 g/mol. The zero-order chi connectivity index (χ0) is 13.7. The molecule has 1 N–H and O–H groups in total. The molecule has 0 aliphatic rings. The number of aliphatic carboxylic acids is 1. The molecule has 19 heavy (non-hydrogen) atoms. The third kappa shape index (κ3) is 4.21. The van der Waals surface area contributed by atoms with Gasteiger partial charge >= 0.3 is 5.97 Å². The fraction of sp³-hybridized carbons (Fsp3) is 0.357. The van der Waals surface area contributed by atoms with Crippen molar-refractivity contribution in [2.75, 3.05) is 0 Å². The molecule has 5 heteroatoms. The van der Waals surface area contributed by atoms with Crippen LogP contribution in [0.25, 0.3) is 0 Å². The van der Waals surface area contributed by atoms with Gasteiger partial charge in [0, 0.05) is 12.8 Å². The normalized spacial score (nSPS) is 10.6. The smallest absolute Gasteiger partial charge is 0.303 e. The lowest BCUT2D eigenvalue weighted by Gasteiger charge is -1.97. The molecule has 1 aromatic heterocycles. The molecule has 2 aromatic rings. The third-order valence-electron chi connectivity index (χ3n) is 2.77. The minimum atomic E-state index is -0.806. The molecule has 0 amide bonds. The first-order chi connectivity index (χ1) is 9.13. The van der Waals surface area contributed by atoms with E-state index in [1.165, 1.54) is 5.56 Å². The predicted molar refractivity (Wildman–Crippen MR) is 68.9 cm³/mol. The first kappa shape index (κ1) is 13.3. The van der Waals surface area contributed by atoms with E-state index in [9.17, 15) is 4.79 Å². The van der Waals surface area contributed by atoms with E-state index in [4.69, 9.17) is 9.52 Å². The van der Waals surface area contributed by atoms with Crippen molar-refractivity contribution < 1.29 is 14.3 Å². The van der Waals surface area contributed by atoms with Crippen molar-refractivity contribution in [3.05, 3.63) is 47.2 Å². The number of benzene rings is 1. The monoisotopic (exact) mass is 260 g/mol. The maximum Gasteiger partial charge on any atom is 0.303 e. The van der Waals surface area contributed by atoms with Gasteiger partial charge in [0.15, 0.2) is 0 Å². The Hall–Kier alpha value is -2.17. The lowest BCUT2D eigenvalue weighted by atomic mass is 10.1. The van der Waals surface area contributed by atoms with Gasteiger partial charge in [0.05, 0.1) is 6.42 Å². The molecule has 0 aliphatic heterocycles. The minimum Gasteiger partial charge on any atom is -0.481 e. The number of hydrogen-bond acceptors (Lipinski definition) is 4. The molecule has 2 rings (SSSR count). The number of carboxylic acid groups (broad SMARTS) is 1. The fourth-order valence-electron chi connectivity index (χ4n) is 1.73. The van der Waals surface area contributed by atoms with Crippen LogP contribution in [0.15, 0.2) is 28.7 Å². The van der Waals surface area contributed by atoms with Gasteiger partial charge in [-0.05, 0) is 18.9 Å². The highest BCUT2D eigenvalue weighted by Gasteiger charge is 2.07. The third-order valence-corrected chi connectivity index (χ3v) is 2.77. The topological polar surface area (TPSA) is 76.2 Å². The first-order valence-electron chi connectivity index (χ1n) is 6.22. The molecule has 100 valence electrons. The lowest BCUT2D eigenvalue weighted by Crippen LogP contribution is -1.95. The van der Waals surface area contributed by atoms with Gasteiger partial charge in [0.2, 0.25) is 11.8 Å². The van der Waals surface area contributed by atoms with Crippen molar-refractivity contribution in [3.8, 4) is 0 Å². The second-order valence-corrected chi connectivity index (χ2v) is 4.50. The van der Waals surface area contributed by atoms with Gasteiger partial charge in [-0.1, -0.05) is 29.8 Å². The molecule has 0 unspecified atom stereocenters. The number of nitrogens with zero attached hydrogens (tertiary/aromatic N) is 2. The van der Waals surface area contributed by atoms with Crippen LogP contribution >= 0.6 is 0 Å². The molecule has 0 aliphatic carbocycles. The molecular weight excluding hydrogens is 244 g/mol. The summed E-state index contributed by atoms with van der Waals surface area (Å²) in [5.74, 6) is 0.261. The van der Waals surface area contributed by atoms with E-state index in [-0.39, 0.29) is 6.42 Å². The Bertz CT molecular complexity index is 546. The highest BCUT2D eigenvalue weighted by molar-refractivity contribution is 5.66. The number of hydrogen-bond donors (Lipinski definition) is 1. The Balaban J connectivity index is 1.90. The summed E-state index contributed by atoms with van der Waals surface area (Å²) < 4.78 is 5.48. The van der Waals surface area contributed by atoms with Crippen molar-refractivity contribution in [1.82, 2.24) is 10.2 Å². The zero-order valence-corrected chi connectivity index (χ0v) is 10.8. The van der Waals surface area contributed by atoms with Crippen LogP contribution in [0.5, 0.6) is 0 Å². The summed E-state index contributed by atoms with van der Waals surface area (Å²) >= 11 is 0. The SMILES string of the molecule is Cc1ccc(Cc2nnc(CCCC(=O)O)o2)cc1. The minimum absolute atomic E-state index is 0.121. The standard InChI is InChI=1S/C14H16N2O3/c1-10-5-7-11(8-6-10)9-13-16-15-12(19-13)3-2-4-14(17)18/h5-8H,2-4,9H2,1H3,(H,17,18). The molecule has 0 fully saturated rings. The van der Waals surface area contributed by atoms with E-state index in [2.05, 4.69) is 10.2 Å². The number of aryl methyl sites for hydroxylation is 2. The Morgan fingerprint density at radius 2 is 1.89 bits per heavy atom. The Morgan fingerprint density at radius 1 is 1.21 bits per heavy atom. The van der Waals surface area contributed by atoms with Gasteiger partial charge in [-0.25, -0.2) is 0 Å². The summed E-state index contributed by atoms with van der Waals surface area (Å²) in [5, 5.41) is 16.4. The molecule has 0 atom stereocenters. The number of carboxylic acids is 1. The van der Waals surface area contributed by atoms with E-state index in [0.717, 1.165) is 5.56 Å². The summed E-state index contributed by atoms with van der Waals surface area (Å²) in [6.07, 6.45) is 1.75. The van der Waals surface area contributed by atoms with Crippen LogP contribution < -0.4 is 0 Å². The summed E-state index contributed by atoms with van der Waals surface area (Å²) in [5.41, 5.74) is 2.33. The zero-order valence-electron chi connectivity index (χ0n) is 10.8. The molecule has 1 heterocycles. The summed E-state index contributed by atoms with van der Waals surface area (Å²) in [7, 11) is 0. The first-order valence-corrected chi connectivity index (χ1v) is 6.22. The van der Waals surface area contributed by atoms with Gasteiger partial charge in [-0.3, -0.25) is 4.79 Å². The lowest BCUT2D eigenvalue weighted by molar-refractivity contribution is -0.137. The quantitative estimate of drug-likeness (QED) is 0.862. The van der Waals surface area contributed by atoms with Gasteiger partial charge in [0.1, 0.15) is 0 Å². The Kier molecular flexibility index (Phi) is 4.28. The summed E-state index contributed by atoms with van der Waals surface area (Å²) in [6.45, 7) is 2.04. The van der Waals surface area contributed by atoms with Crippen LogP contribution in [-0.2, 0) is 17.6 Å². The van der Waals surface area contributed by atoms with Crippen LogP contribution in [0.4, 0.5) is 0 Å². The van der Waals surface area contributed by atoms with Crippen molar-refractivity contribution in [3.63, 3.8) is 0 Å². The molecule has 1 aromatic carbocycles. The largest absolute Gasteiger partial charge is 0.481 e. The van der Waals surface area contributed by atoms with Crippen LogP contribution in [-0.4, -0.2) is 21.3 Å². The van der Waals surface area contributed by atoms with Crippen LogP contribution in [0.1, 0.15) is 35.7 Å². The molecular formula is C14H16N2O3. The van der Waals surface area contributed by atoms with E-state index in [1.807, 2.05) is 31.2 Å². The predicted octanol–water partition coefficient (Wildman–Crippen LogP) is 2.38. The molecule has 0 spiro atoms. The van der Waals surface area contributed by atoms with Crippen molar-refractivity contribution in [2.24, 2.45) is 0 Å². The van der Waals surface area contributed by atoms with Crippen LogP contribution in [0, 0.1) is 6.92 Å². The molecule has 0 bridgehead atoms. The van der Waals surface area contributed by atoms with Gasteiger partial charge in [-0.2, -0.15) is 0 Å². The summed E-state index contributed by atoms with van der Waals surface area (Å²) in [6, 6.07) is 8.15. The summed E-state index contributed by atoms with van der Waals surface area (Å²) in [4.78, 5) is 10.4.